The minimum atomic E-state index is -0.375. The van der Waals surface area contributed by atoms with Crippen LogP contribution in [0, 0.1) is 5.41 Å². The van der Waals surface area contributed by atoms with Gasteiger partial charge >= 0.3 is 6.09 Å². The van der Waals surface area contributed by atoms with Gasteiger partial charge in [-0.2, -0.15) is 0 Å². The summed E-state index contributed by atoms with van der Waals surface area (Å²) in [5.41, 5.74) is 5.87. The van der Waals surface area contributed by atoms with Gasteiger partial charge in [-0.05, 0) is 70.8 Å². The zero-order valence-corrected chi connectivity index (χ0v) is 13.3. The van der Waals surface area contributed by atoms with Crippen LogP contribution in [0.25, 0.3) is 0 Å². The van der Waals surface area contributed by atoms with E-state index in [1.165, 1.54) is 0 Å². The van der Waals surface area contributed by atoms with Crippen LogP contribution in [0.2, 0.25) is 0 Å². The first-order chi connectivity index (χ1) is 9.34. The molecule has 1 amide bonds. The van der Waals surface area contributed by atoms with Crippen LogP contribution in [0.5, 0.6) is 0 Å². The lowest BCUT2D eigenvalue weighted by atomic mass is 9.57. The molecule has 4 heteroatoms. The van der Waals surface area contributed by atoms with Crippen molar-refractivity contribution in [1.82, 2.24) is 5.32 Å². The average Bonchev–Trinajstić information content (AvgIpc) is 2.39. The minimum Gasteiger partial charge on any atom is -0.444 e. The van der Waals surface area contributed by atoms with E-state index in [9.17, 15) is 4.79 Å². The van der Waals surface area contributed by atoms with Crippen LogP contribution in [-0.4, -0.2) is 23.8 Å². The molecule has 3 saturated carbocycles. The van der Waals surface area contributed by atoms with Crippen LogP contribution >= 0.6 is 0 Å². The third-order valence-corrected chi connectivity index (χ3v) is 5.42. The zero-order chi connectivity index (χ0) is 14.9. The normalized spacial score (nSPS) is 33.0. The van der Waals surface area contributed by atoms with E-state index in [2.05, 4.69) is 12.2 Å². The second-order valence-electron chi connectivity index (χ2n) is 7.51. The van der Waals surface area contributed by atoms with Gasteiger partial charge in [-0.1, -0.05) is 13.3 Å². The largest absolute Gasteiger partial charge is 0.444 e. The van der Waals surface area contributed by atoms with Gasteiger partial charge in [-0.3, -0.25) is 0 Å². The Labute approximate surface area is 122 Å². The topological polar surface area (TPSA) is 64.3 Å². The Hall–Kier alpha value is -0.770. The van der Waals surface area contributed by atoms with Crippen molar-refractivity contribution in [1.29, 1.82) is 0 Å². The van der Waals surface area contributed by atoms with Crippen molar-refractivity contribution in [2.45, 2.75) is 83.3 Å². The van der Waals surface area contributed by atoms with Gasteiger partial charge in [0, 0.05) is 5.54 Å². The van der Waals surface area contributed by atoms with Crippen molar-refractivity contribution >= 4 is 6.09 Å². The molecule has 0 atom stereocenters. The predicted molar refractivity (Wildman–Crippen MR) is 80.5 cm³/mol. The summed E-state index contributed by atoms with van der Waals surface area (Å²) in [4.78, 5) is 12.2. The van der Waals surface area contributed by atoms with Crippen LogP contribution in [-0.2, 0) is 4.74 Å². The van der Waals surface area contributed by atoms with Gasteiger partial charge in [-0.25, -0.2) is 4.79 Å². The maximum atomic E-state index is 12.2. The maximum Gasteiger partial charge on any atom is 0.408 e. The Morgan fingerprint density at radius 1 is 1.20 bits per heavy atom. The molecule has 0 aromatic carbocycles. The highest BCUT2D eigenvalue weighted by Gasteiger charge is 2.48. The summed E-state index contributed by atoms with van der Waals surface area (Å²) < 4.78 is 5.60. The summed E-state index contributed by atoms with van der Waals surface area (Å²) in [7, 11) is 0. The molecule has 0 spiro atoms. The highest BCUT2D eigenvalue weighted by Crippen LogP contribution is 2.51. The SMILES string of the molecule is CCCC(C)(C)OC(=O)N[C@]12CC[C@](CN)(CC1)CC2. The Balaban J connectivity index is 1.90. The molecule has 3 N–H and O–H groups in total. The van der Waals surface area contributed by atoms with E-state index in [-0.39, 0.29) is 17.2 Å². The van der Waals surface area contributed by atoms with Crippen molar-refractivity contribution in [3.63, 3.8) is 0 Å². The van der Waals surface area contributed by atoms with Crippen molar-refractivity contribution in [2.24, 2.45) is 11.1 Å². The van der Waals surface area contributed by atoms with E-state index in [1.54, 1.807) is 0 Å². The van der Waals surface area contributed by atoms with Gasteiger partial charge in [0.1, 0.15) is 5.60 Å². The Bertz CT molecular complexity index is 341. The van der Waals surface area contributed by atoms with Gasteiger partial charge in [0.15, 0.2) is 0 Å². The highest BCUT2D eigenvalue weighted by molar-refractivity contribution is 5.69. The summed E-state index contributed by atoms with van der Waals surface area (Å²) in [5, 5.41) is 3.17. The first kappa shape index (κ1) is 15.6. The number of fused-ring (bicyclic) bond motifs is 3. The molecule has 2 bridgehead atoms. The van der Waals surface area contributed by atoms with E-state index >= 15 is 0 Å². The van der Waals surface area contributed by atoms with Gasteiger partial charge in [0.2, 0.25) is 0 Å². The summed E-state index contributed by atoms with van der Waals surface area (Å²) in [5.74, 6) is 0. The number of hydrogen-bond acceptors (Lipinski definition) is 3. The molecule has 3 rings (SSSR count). The number of rotatable bonds is 5. The van der Waals surface area contributed by atoms with Crippen molar-refractivity contribution in [3.8, 4) is 0 Å². The molecule has 116 valence electrons. The van der Waals surface area contributed by atoms with E-state index in [1.807, 2.05) is 13.8 Å². The molecular weight excluding hydrogens is 252 g/mol. The van der Waals surface area contributed by atoms with Gasteiger partial charge in [-0.15, -0.1) is 0 Å². The van der Waals surface area contributed by atoms with Crippen molar-refractivity contribution < 1.29 is 9.53 Å². The molecule has 0 aliphatic heterocycles. The standard InChI is InChI=1S/C16H30N2O2/c1-4-5-14(2,3)20-13(19)18-16-9-6-15(12-17,7-10-16)8-11-16/h4-12,17H2,1-3H3,(H,18,19)/t15-,16+. The molecule has 0 saturated heterocycles. The monoisotopic (exact) mass is 282 g/mol. The van der Waals surface area contributed by atoms with Crippen molar-refractivity contribution in [2.75, 3.05) is 6.54 Å². The van der Waals surface area contributed by atoms with Crippen LogP contribution in [0.15, 0.2) is 0 Å². The molecule has 0 aromatic heterocycles. The first-order valence-corrected chi connectivity index (χ1v) is 8.06. The average molecular weight is 282 g/mol. The molecule has 20 heavy (non-hydrogen) atoms. The number of alkyl carbamates (subject to hydrolysis) is 1. The van der Waals surface area contributed by atoms with Crippen LogP contribution < -0.4 is 11.1 Å². The molecule has 0 aromatic rings. The van der Waals surface area contributed by atoms with Crippen LogP contribution in [0.4, 0.5) is 4.79 Å². The second kappa shape index (κ2) is 5.55. The number of carbonyl (C=O) groups is 1. The molecule has 3 aliphatic carbocycles. The van der Waals surface area contributed by atoms with Gasteiger partial charge in [0.25, 0.3) is 0 Å². The van der Waals surface area contributed by atoms with E-state index in [4.69, 9.17) is 10.5 Å². The smallest absolute Gasteiger partial charge is 0.408 e. The Kier molecular flexibility index (Phi) is 4.33. The number of amides is 1. The van der Waals surface area contributed by atoms with E-state index in [0.717, 1.165) is 57.9 Å². The number of nitrogens with one attached hydrogen (secondary N) is 1. The first-order valence-electron chi connectivity index (χ1n) is 8.06. The third kappa shape index (κ3) is 3.27. The molecule has 3 fully saturated rings. The number of nitrogens with two attached hydrogens (primary N) is 1. The third-order valence-electron chi connectivity index (χ3n) is 5.42. The minimum absolute atomic E-state index is 0.0315. The van der Waals surface area contributed by atoms with E-state index < -0.39 is 0 Å². The van der Waals surface area contributed by atoms with Crippen LogP contribution in [0.1, 0.15) is 72.1 Å². The summed E-state index contributed by atoms with van der Waals surface area (Å²) in [6.45, 7) is 6.86. The lowest BCUT2D eigenvalue weighted by Crippen LogP contribution is -2.58. The number of carbonyl (C=O) groups excluding carboxylic acids is 1. The second-order valence-corrected chi connectivity index (χ2v) is 7.51. The van der Waals surface area contributed by atoms with E-state index in [0.29, 0.717) is 5.41 Å². The fourth-order valence-corrected chi connectivity index (χ4v) is 3.90. The van der Waals surface area contributed by atoms with Crippen LogP contribution in [0.3, 0.4) is 0 Å². The lowest BCUT2D eigenvalue weighted by Gasteiger charge is -2.53. The van der Waals surface area contributed by atoms with Gasteiger partial charge < -0.3 is 15.8 Å². The summed E-state index contributed by atoms with van der Waals surface area (Å²) in [6, 6.07) is 0. The molecule has 0 radical (unpaired) electrons. The predicted octanol–water partition coefficient (Wildman–Crippen LogP) is 3.34. The zero-order valence-electron chi connectivity index (χ0n) is 13.3. The summed E-state index contributed by atoms with van der Waals surface area (Å²) >= 11 is 0. The maximum absolute atomic E-state index is 12.2. The lowest BCUT2D eigenvalue weighted by molar-refractivity contribution is -0.000296. The molecular formula is C16H30N2O2. The Morgan fingerprint density at radius 3 is 2.20 bits per heavy atom. The number of ether oxygens (including phenoxy) is 1. The molecule has 0 heterocycles. The fourth-order valence-electron chi connectivity index (χ4n) is 3.90. The number of hydrogen-bond donors (Lipinski definition) is 2. The highest BCUT2D eigenvalue weighted by atomic mass is 16.6. The molecule has 3 aliphatic rings. The quantitative estimate of drug-likeness (QED) is 0.813. The Morgan fingerprint density at radius 2 is 1.75 bits per heavy atom. The fraction of sp³-hybridized carbons (Fsp3) is 0.938. The van der Waals surface area contributed by atoms with Gasteiger partial charge in [0.05, 0.1) is 0 Å². The molecule has 0 unspecified atom stereocenters. The summed E-state index contributed by atoms with van der Waals surface area (Å²) in [6.07, 6.45) is 8.24. The van der Waals surface area contributed by atoms with Crippen molar-refractivity contribution in [3.05, 3.63) is 0 Å². The molecule has 4 nitrogen and oxygen atoms in total.